The van der Waals surface area contributed by atoms with Crippen LogP contribution in [0.1, 0.15) is 17.0 Å². The number of ether oxygens (including phenoxy) is 1. The minimum atomic E-state index is 0.158. The van der Waals surface area contributed by atoms with Crippen molar-refractivity contribution in [2.24, 2.45) is 0 Å². The molecule has 26 heavy (non-hydrogen) atoms. The Kier molecular flexibility index (Phi) is 4.26. The highest BCUT2D eigenvalue weighted by Gasteiger charge is 2.27. The third kappa shape index (κ3) is 2.99. The van der Waals surface area contributed by atoms with E-state index in [1.807, 2.05) is 59.9 Å². The molecule has 2 heterocycles. The molecule has 8 heteroatoms. The van der Waals surface area contributed by atoms with Crippen molar-refractivity contribution in [2.75, 3.05) is 14.2 Å². The minimum absolute atomic E-state index is 0.158. The number of nitrogens with zero attached hydrogens (tertiary/aromatic N) is 5. The molecule has 0 atom stereocenters. The molecule has 7 nitrogen and oxygen atoms in total. The average molecular weight is 367 g/mol. The summed E-state index contributed by atoms with van der Waals surface area (Å²) in [5.41, 5.74) is 2.36. The van der Waals surface area contributed by atoms with Gasteiger partial charge in [0.05, 0.1) is 13.7 Å². The molecule has 4 rings (SSSR count). The molecule has 0 saturated carbocycles. The number of benzene rings is 2. The number of rotatable bonds is 4. The first-order valence-electron chi connectivity index (χ1n) is 8.01. The summed E-state index contributed by atoms with van der Waals surface area (Å²) in [5, 5.41) is 23.4. The second-order valence-corrected chi connectivity index (χ2v) is 6.94. The van der Waals surface area contributed by atoms with E-state index in [4.69, 9.17) is 4.74 Å². The molecule has 0 spiro atoms. The lowest BCUT2D eigenvalue weighted by atomic mass is 10.1. The predicted molar refractivity (Wildman–Crippen MR) is 99.4 cm³/mol. The second kappa shape index (κ2) is 6.72. The fourth-order valence-electron chi connectivity index (χ4n) is 2.76. The average Bonchev–Trinajstić information content (AvgIpc) is 3.10. The molecular weight excluding hydrogens is 350 g/mol. The molecule has 0 radical (unpaired) electrons. The van der Waals surface area contributed by atoms with Crippen LogP contribution < -0.4 is 4.74 Å². The third-order valence-corrected chi connectivity index (χ3v) is 5.07. The standard InChI is InChI=1S/C18H17N5O2S/c1-22-16(17(24)14-5-3-4-6-15(14)26-22)18-19-21-23(20-18)11-12-7-9-13(25-2)10-8-12/h3-10,24H,11H2,1-2H3. The molecule has 1 aromatic heterocycles. The lowest BCUT2D eigenvalue weighted by molar-refractivity contribution is 0.414. The van der Waals surface area contributed by atoms with Crippen molar-refractivity contribution in [1.82, 2.24) is 24.5 Å². The van der Waals surface area contributed by atoms with Crippen molar-refractivity contribution in [3.8, 4) is 5.75 Å². The molecule has 1 N–H and O–H groups in total. The maximum atomic E-state index is 10.7. The fraction of sp³-hybridized carbons (Fsp3) is 0.167. The van der Waals surface area contributed by atoms with E-state index in [0.29, 0.717) is 18.1 Å². The van der Waals surface area contributed by atoms with Crippen molar-refractivity contribution in [1.29, 1.82) is 0 Å². The highest BCUT2D eigenvalue weighted by molar-refractivity contribution is 7.97. The summed E-state index contributed by atoms with van der Waals surface area (Å²) >= 11 is 1.52. The van der Waals surface area contributed by atoms with Crippen LogP contribution in [0.15, 0.2) is 53.4 Å². The number of tetrazole rings is 1. The zero-order valence-electron chi connectivity index (χ0n) is 14.3. The summed E-state index contributed by atoms with van der Waals surface area (Å²) in [4.78, 5) is 2.50. The Morgan fingerprint density at radius 3 is 2.65 bits per heavy atom. The quantitative estimate of drug-likeness (QED) is 0.710. The van der Waals surface area contributed by atoms with Gasteiger partial charge in [-0.1, -0.05) is 24.3 Å². The van der Waals surface area contributed by atoms with Gasteiger partial charge in [0.2, 0.25) is 5.82 Å². The van der Waals surface area contributed by atoms with Crippen LogP contribution in [-0.4, -0.2) is 43.8 Å². The fourth-order valence-corrected chi connectivity index (χ4v) is 3.71. The number of aliphatic hydroxyl groups is 1. The van der Waals surface area contributed by atoms with Crippen LogP contribution in [0, 0.1) is 0 Å². The first kappa shape index (κ1) is 16.5. The highest BCUT2D eigenvalue weighted by Crippen LogP contribution is 2.41. The smallest absolute Gasteiger partial charge is 0.225 e. The number of fused-ring (bicyclic) bond motifs is 1. The molecule has 1 aliphatic rings. The number of hydrogen-bond donors (Lipinski definition) is 1. The lowest BCUT2D eigenvalue weighted by Crippen LogP contribution is -2.16. The normalized spacial score (nSPS) is 13.7. The van der Waals surface area contributed by atoms with E-state index in [0.717, 1.165) is 21.8 Å². The number of aliphatic hydroxyl groups excluding tert-OH is 1. The number of methoxy groups -OCH3 is 1. The summed E-state index contributed by atoms with van der Waals surface area (Å²) in [5.74, 6) is 1.35. The summed E-state index contributed by atoms with van der Waals surface area (Å²) in [6.45, 7) is 0.485. The molecule has 0 saturated heterocycles. The van der Waals surface area contributed by atoms with Gasteiger partial charge in [-0.3, -0.25) is 0 Å². The maximum absolute atomic E-state index is 10.7. The van der Waals surface area contributed by atoms with Crippen LogP contribution in [0.3, 0.4) is 0 Å². The van der Waals surface area contributed by atoms with E-state index >= 15 is 0 Å². The Morgan fingerprint density at radius 1 is 1.12 bits per heavy atom. The van der Waals surface area contributed by atoms with Gasteiger partial charge in [0.25, 0.3) is 0 Å². The lowest BCUT2D eigenvalue weighted by Gasteiger charge is -2.26. The zero-order chi connectivity index (χ0) is 18.1. The van der Waals surface area contributed by atoms with Gasteiger partial charge in [-0.05, 0) is 47.0 Å². The van der Waals surface area contributed by atoms with Gasteiger partial charge in [-0.2, -0.15) is 4.80 Å². The van der Waals surface area contributed by atoms with Gasteiger partial charge in [0.1, 0.15) is 11.4 Å². The number of hydrogen-bond acceptors (Lipinski definition) is 7. The molecule has 2 aromatic carbocycles. The molecule has 0 aliphatic carbocycles. The van der Waals surface area contributed by atoms with Crippen molar-refractivity contribution in [3.63, 3.8) is 0 Å². The number of aromatic nitrogens is 4. The summed E-state index contributed by atoms with van der Waals surface area (Å²) in [6.07, 6.45) is 0. The minimum Gasteiger partial charge on any atom is -0.505 e. The Hall–Kier alpha value is -3.00. The molecule has 0 unspecified atom stereocenters. The predicted octanol–water partition coefficient (Wildman–Crippen LogP) is 3.07. The van der Waals surface area contributed by atoms with Crippen LogP contribution in [0.25, 0.3) is 11.5 Å². The SMILES string of the molecule is COc1ccc(Cn2nnc(C3=C(O)c4ccccc4SN3C)n2)cc1. The summed E-state index contributed by atoms with van der Waals surface area (Å²) in [7, 11) is 3.51. The molecule has 0 amide bonds. The largest absolute Gasteiger partial charge is 0.505 e. The third-order valence-electron chi connectivity index (χ3n) is 4.06. The molecule has 1 aliphatic heterocycles. The van der Waals surface area contributed by atoms with Gasteiger partial charge in [-0.25, -0.2) is 0 Å². The van der Waals surface area contributed by atoms with Gasteiger partial charge in [0.15, 0.2) is 5.76 Å². The van der Waals surface area contributed by atoms with Crippen molar-refractivity contribution >= 4 is 23.4 Å². The van der Waals surface area contributed by atoms with Crippen LogP contribution in [0.2, 0.25) is 0 Å². The van der Waals surface area contributed by atoms with Crippen LogP contribution >= 0.6 is 11.9 Å². The van der Waals surface area contributed by atoms with Crippen molar-refractivity contribution in [2.45, 2.75) is 11.4 Å². The first-order chi connectivity index (χ1) is 12.7. The van der Waals surface area contributed by atoms with Gasteiger partial charge in [0, 0.05) is 17.5 Å². The second-order valence-electron chi connectivity index (χ2n) is 5.77. The Balaban J connectivity index is 1.63. The van der Waals surface area contributed by atoms with Gasteiger partial charge < -0.3 is 14.1 Å². The van der Waals surface area contributed by atoms with E-state index in [1.165, 1.54) is 16.7 Å². The van der Waals surface area contributed by atoms with Gasteiger partial charge in [-0.15, -0.1) is 10.2 Å². The first-order valence-corrected chi connectivity index (χ1v) is 8.78. The molecule has 132 valence electrons. The van der Waals surface area contributed by atoms with Crippen LogP contribution in [0.5, 0.6) is 5.75 Å². The van der Waals surface area contributed by atoms with E-state index in [-0.39, 0.29) is 5.76 Å². The molecule has 0 bridgehead atoms. The van der Waals surface area contributed by atoms with E-state index in [9.17, 15) is 5.11 Å². The van der Waals surface area contributed by atoms with Crippen LogP contribution in [0.4, 0.5) is 0 Å². The van der Waals surface area contributed by atoms with Gasteiger partial charge >= 0.3 is 0 Å². The van der Waals surface area contributed by atoms with E-state index in [2.05, 4.69) is 15.4 Å². The van der Waals surface area contributed by atoms with E-state index < -0.39 is 0 Å². The molecular formula is C18H17N5O2S. The van der Waals surface area contributed by atoms with Crippen molar-refractivity contribution < 1.29 is 9.84 Å². The Bertz CT molecular complexity index is 968. The molecule has 3 aromatic rings. The zero-order valence-corrected chi connectivity index (χ0v) is 15.1. The Morgan fingerprint density at radius 2 is 1.88 bits per heavy atom. The summed E-state index contributed by atoms with van der Waals surface area (Å²) in [6, 6.07) is 15.4. The summed E-state index contributed by atoms with van der Waals surface area (Å²) < 4.78 is 7.02. The Labute approximate surface area is 155 Å². The maximum Gasteiger partial charge on any atom is 0.225 e. The molecule has 0 fully saturated rings. The topological polar surface area (TPSA) is 76.3 Å². The highest BCUT2D eigenvalue weighted by atomic mass is 32.2. The monoisotopic (exact) mass is 367 g/mol. The van der Waals surface area contributed by atoms with Crippen LogP contribution in [-0.2, 0) is 6.54 Å². The van der Waals surface area contributed by atoms with Crippen molar-refractivity contribution in [3.05, 3.63) is 65.5 Å². The van der Waals surface area contributed by atoms with E-state index in [1.54, 1.807) is 7.11 Å².